The number of halogens is 1. The molecule has 5 N–H and O–H groups in total. The zero-order chi connectivity index (χ0) is 27.4. The number of rotatable bonds is 8. The molecule has 0 aliphatic carbocycles. The second kappa shape index (κ2) is 11.2. The van der Waals surface area contributed by atoms with Gasteiger partial charge in [-0.2, -0.15) is 4.37 Å². The van der Waals surface area contributed by atoms with Crippen molar-refractivity contribution < 1.29 is 18.8 Å². The minimum Gasteiger partial charge on any atom is -0.395 e. The highest BCUT2D eigenvalue weighted by molar-refractivity contribution is 7.09. The Bertz CT molecular complexity index is 1490. The molecule has 38 heavy (non-hydrogen) atoms. The van der Waals surface area contributed by atoms with Gasteiger partial charge >= 0.3 is 0 Å². The maximum Gasteiger partial charge on any atom is 0.273 e. The van der Waals surface area contributed by atoms with E-state index in [-0.39, 0.29) is 22.8 Å². The highest BCUT2D eigenvalue weighted by atomic mass is 32.1. The number of aryl methyl sites for hydroxylation is 2. The van der Waals surface area contributed by atoms with Crippen molar-refractivity contribution in [1.82, 2.24) is 9.69 Å². The van der Waals surface area contributed by atoms with Crippen LogP contribution in [-0.4, -0.2) is 22.1 Å². The van der Waals surface area contributed by atoms with Crippen LogP contribution in [0.2, 0.25) is 0 Å². The third kappa shape index (κ3) is 5.55. The molecule has 0 unspecified atom stereocenters. The number of hydrogen-bond donors (Lipinski definition) is 3. The van der Waals surface area contributed by atoms with Crippen LogP contribution in [0.3, 0.4) is 0 Å². The van der Waals surface area contributed by atoms with E-state index in [0.29, 0.717) is 11.3 Å². The molecule has 0 fully saturated rings. The first-order valence-corrected chi connectivity index (χ1v) is 12.5. The van der Waals surface area contributed by atoms with Crippen molar-refractivity contribution in [1.29, 1.82) is 0 Å². The van der Waals surface area contributed by atoms with Crippen LogP contribution < -0.4 is 21.7 Å². The summed E-state index contributed by atoms with van der Waals surface area (Å²) in [6, 6.07) is 18.8. The maximum absolute atomic E-state index is 14.1. The summed E-state index contributed by atoms with van der Waals surface area (Å²) in [5.74, 6) is -2.50. The van der Waals surface area contributed by atoms with Gasteiger partial charge in [-0.05, 0) is 71.9 Å². The van der Waals surface area contributed by atoms with Crippen LogP contribution in [0.15, 0.2) is 72.8 Å². The topological polar surface area (TPSA) is 131 Å². The molecule has 3 amide bonds. The highest BCUT2D eigenvalue weighted by Gasteiger charge is 2.36. The lowest BCUT2D eigenvalue weighted by Gasteiger charge is -2.31. The van der Waals surface area contributed by atoms with Gasteiger partial charge in [0.25, 0.3) is 11.8 Å². The molecule has 0 aliphatic rings. The summed E-state index contributed by atoms with van der Waals surface area (Å²) in [7, 11) is 0. The molecule has 10 heteroatoms. The van der Waals surface area contributed by atoms with Gasteiger partial charge in [0.1, 0.15) is 16.7 Å². The number of anilines is 2. The van der Waals surface area contributed by atoms with Crippen LogP contribution in [-0.2, 0) is 11.3 Å². The Morgan fingerprint density at radius 1 is 1.00 bits per heavy atom. The van der Waals surface area contributed by atoms with Gasteiger partial charge in [0.2, 0.25) is 5.91 Å². The summed E-state index contributed by atoms with van der Waals surface area (Å²) < 4.78 is 17.8. The van der Waals surface area contributed by atoms with E-state index in [2.05, 4.69) is 9.69 Å². The van der Waals surface area contributed by atoms with Crippen molar-refractivity contribution in [2.45, 2.75) is 26.4 Å². The Morgan fingerprint density at radius 2 is 1.68 bits per heavy atom. The highest BCUT2D eigenvalue weighted by Crippen LogP contribution is 2.34. The molecule has 0 aliphatic heterocycles. The maximum atomic E-state index is 14.1. The quantitative estimate of drug-likeness (QED) is 0.312. The lowest BCUT2D eigenvalue weighted by atomic mass is 10.0. The van der Waals surface area contributed by atoms with Gasteiger partial charge in [-0.25, -0.2) is 4.39 Å². The lowest BCUT2D eigenvalue weighted by molar-refractivity contribution is -0.122. The molecule has 0 radical (unpaired) electrons. The van der Waals surface area contributed by atoms with E-state index in [4.69, 9.17) is 11.5 Å². The van der Waals surface area contributed by atoms with Crippen molar-refractivity contribution >= 4 is 40.6 Å². The largest absolute Gasteiger partial charge is 0.395 e. The summed E-state index contributed by atoms with van der Waals surface area (Å²) in [6.45, 7) is 4.02. The standard InChI is InChI=1S/C28H26FN5O3S/c1-16-8-13-21(14-17(16)2)34(28(37)25-22(30)23(26(31)35)33-38-25)24(19-9-11-20(29)12-10-19)27(36)32-15-18-6-4-3-5-7-18/h3-14,24H,15,30H2,1-2H3,(H2,31,35)(H,32,36)/t24-/m1/s1. The van der Waals surface area contributed by atoms with Crippen LogP contribution in [0, 0.1) is 19.7 Å². The second-order valence-corrected chi connectivity index (χ2v) is 9.51. The summed E-state index contributed by atoms with van der Waals surface area (Å²) in [5, 5.41) is 2.89. The Labute approximate surface area is 223 Å². The number of carbonyl (C=O) groups is 3. The molecule has 1 aromatic heterocycles. The predicted octanol–water partition coefficient (Wildman–Crippen LogP) is 4.28. The molecule has 194 valence electrons. The van der Waals surface area contributed by atoms with Crippen LogP contribution in [0.5, 0.6) is 0 Å². The van der Waals surface area contributed by atoms with E-state index in [1.165, 1.54) is 29.2 Å². The number of carbonyl (C=O) groups excluding carboxylic acids is 3. The normalized spacial score (nSPS) is 11.6. The first kappa shape index (κ1) is 26.5. The summed E-state index contributed by atoms with van der Waals surface area (Å²) in [4.78, 5) is 40.9. The van der Waals surface area contributed by atoms with E-state index in [1.54, 1.807) is 12.1 Å². The third-order valence-electron chi connectivity index (χ3n) is 6.14. The van der Waals surface area contributed by atoms with Crippen LogP contribution in [0.25, 0.3) is 0 Å². The van der Waals surface area contributed by atoms with E-state index in [9.17, 15) is 18.8 Å². The minimum absolute atomic E-state index is 0.0417. The Hall–Kier alpha value is -4.57. The van der Waals surface area contributed by atoms with Gasteiger partial charge in [-0.15, -0.1) is 0 Å². The fraction of sp³-hybridized carbons (Fsp3) is 0.143. The number of primary amides is 1. The van der Waals surface area contributed by atoms with Crippen LogP contribution >= 0.6 is 11.5 Å². The first-order valence-electron chi connectivity index (χ1n) is 11.7. The van der Waals surface area contributed by atoms with Crippen LogP contribution in [0.4, 0.5) is 15.8 Å². The number of hydrogen-bond acceptors (Lipinski definition) is 6. The van der Waals surface area contributed by atoms with E-state index < -0.39 is 29.6 Å². The van der Waals surface area contributed by atoms with Crippen LogP contribution in [0.1, 0.15) is 48.5 Å². The molecular formula is C28H26FN5O3S. The lowest BCUT2D eigenvalue weighted by Crippen LogP contribution is -2.44. The molecule has 1 atom stereocenters. The summed E-state index contributed by atoms with van der Waals surface area (Å²) in [6.07, 6.45) is 0. The SMILES string of the molecule is Cc1ccc(N(C(=O)c2snc(C(N)=O)c2N)[C@@H](C(=O)NCc2ccccc2)c2ccc(F)cc2)cc1C. The molecule has 1 heterocycles. The number of nitrogens with two attached hydrogens (primary N) is 2. The smallest absolute Gasteiger partial charge is 0.273 e. The molecule has 0 bridgehead atoms. The number of aromatic nitrogens is 1. The van der Waals surface area contributed by atoms with Crippen molar-refractivity contribution in [3.8, 4) is 0 Å². The summed E-state index contributed by atoms with van der Waals surface area (Å²) in [5.41, 5.74) is 14.6. The van der Waals surface area contributed by atoms with E-state index in [0.717, 1.165) is 28.2 Å². The average Bonchev–Trinajstić information content (AvgIpc) is 3.30. The second-order valence-electron chi connectivity index (χ2n) is 8.74. The van der Waals surface area contributed by atoms with E-state index >= 15 is 0 Å². The molecule has 0 saturated carbocycles. The van der Waals surface area contributed by atoms with Gasteiger partial charge in [-0.1, -0.05) is 48.5 Å². The van der Waals surface area contributed by atoms with Gasteiger partial charge in [0.15, 0.2) is 5.69 Å². The Kier molecular flexibility index (Phi) is 7.82. The van der Waals surface area contributed by atoms with E-state index in [1.807, 2.05) is 50.2 Å². The third-order valence-corrected chi connectivity index (χ3v) is 7.00. The molecule has 4 rings (SSSR count). The summed E-state index contributed by atoms with van der Waals surface area (Å²) >= 11 is 0.721. The van der Waals surface area contributed by atoms with Gasteiger partial charge in [-0.3, -0.25) is 19.3 Å². The average molecular weight is 532 g/mol. The monoisotopic (exact) mass is 531 g/mol. The van der Waals surface area contributed by atoms with Crippen molar-refractivity contribution in [3.63, 3.8) is 0 Å². The molecule has 3 aromatic carbocycles. The van der Waals surface area contributed by atoms with Crippen molar-refractivity contribution in [2.75, 3.05) is 10.6 Å². The minimum atomic E-state index is -1.20. The molecule has 8 nitrogen and oxygen atoms in total. The van der Waals surface area contributed by atoms with Crippen molar-refractivity contribution in [3.05, 3.63) is 111 Å². The van der Waals surface area contributed by atoms with Gasteiger partial charge < -0.3 is 16.8 Å². The predicted molar refractivity (Wildman–Crippen MR) is 145 cm³/mol. The van der Waals surface area contributed by atoms with Gasteiger partial charge in [0, 0.05) is 12.2 Å². The number of nitrogens with zero attached hydrogens (tertiary/aromatic N) is 2. The van der Waals surface area contributed by atoms with Gasteiger partial charge in [0.05, 0.1) is 5.69 Å². The number of nitrogen functional groups attached to an aromatic ring is 1. The zero-order valence-electron chi connectivity index (χ0n) is 20.8. The number of benzene rings is 3. The molecule has 0 saturated heterocycles. The number of amides is 3. The van der Waals surface area contributed by atoms with Crippen molar-refractivity contribution in [2.24, 2.45) is 5.73 Å². The first-order chi connectivity index (χ1) is 18.2. The zero-order valence-corrected chi connectivity index (χ0v) is 21.6. The number of nitrogens with one attached hydrogen (secondary N) is 1. The molecule has 4 aromatic rings. The fourth-order valence-electron chi connectivity index (χ4n) is 3.94. The Balaban J connectivity index is 1.85. The molecule has 0 spiro atoms. The molecular weight excluding hydrogens is 505 g/mol. The fourth-order valence-corrected chi connectivity index (χ4v) is 4.68. The Morgan fingerprint density at radius 3 is 2.29 bits per heavy atom.